The smallest absolute Gasteiger partial charge is 0.251 e. The SMILES string of the molecule is Cc1cc(C(=O)NC(C)C)cc(S(N)(=O)=O)c1Cl. The molecule has 1 aromatic rings. The van der Waals surface area contributed by atoms with Crippen molar-refractivity contribution in [1.29, 1.82) is 0 Å². The predicted molar refractivity (Wildman–Crippen MR) is 70.2 cm³/mol. The van der Waals surface area contributed by atoms with Crippen LogP contribution in [0.1, 0.15) is 29.8 Å². The summed E-state index contributed by atoms with van der Waals surface area (Å²) in [5.74, 6) is -0.366. The first-order valence-electron chi connectivity index (χ1n) is 5.26. The first-order chi connectivity index (χ1) is 8.12. The maximum Gasteiger partial charge on any atom is 0.251 e. The number of carbonyl (C=O) groups excluding carboxylic acids is 1. The monoisotopic (exact) mass is 290 g/mol. The standard InChI is InChI=1S/C11H15ClN2O3S/c1-6(2)14-11(15)8-4-7(3)10(12)9(5-8)18(13,16)17/h4-6H,1-3H3,(H,14,15)(H2,13,16,17). The molecule has 0 aliphatic heterocycles. The van der Waals surface area contributed by atoms with Gasteiger partial charge < -0.3 is 5.32 Å². The van der Waals surface area contributed by atoms with Crippen LogP contribution >= 0.6 is 11.6 Å². The summed E-state index contributed by atoms with van der Waals surface area (Å²) in [7, 11) is -3.95. The van der Waals surface area contributed by atoms with E-state index >= 15 is 0 Å². The van der Waals surface area contributed by atoms with E-state index in [1.165, 1.54) is 12.1 Å². The van der Waals surface area contributed by atoms with Crippen molar-refractivity contribution in [2.24, 2.45) is 5.14 Å². The van der Waals surface area contributed by atoms with Gasteiger partial charge in [-0.15, -0.1) is 0 Å². The van der Waals surface area contributed by atoms with Crippen LogP contribution in [0.3, 0.4) is 0 Å². The molecular weight excluding hydrogens is 276 g/mol. The molecule has 3 N–H and O–H groups in total. The van der Waals surface area contributed by atoms with Crippen LogP contribution < -0.4 is 10.5 Å². The summed E-state index contributed by atoms with van der Waals surface area (Å²) in [4.78, 5) is 11.6. The lowest BCUT2D eigenvalue weighted by Crippen LogP contribution is -2.30. The van der Waals surface area contributed by atoms with Crippen molar-refractivity contribution in [3.8, 4) is 0 Å². The molecule has 0 fully saturated rings. The van der Waals surface area contributed by atoms with Crippen LogP contribution in [0.2, 0.25) is 5.02 Å². The molecule has 0 bridgehead atoms. The summed E-state index contributed by atoms with van der Waals surface area (Å²) in [6.45, 7) is 5.23. The molecule has 1 aromatic carbocycles. The van der Waals surface area contributed by atoms with E-state index < -0.39 is 10.0 Å². The molecule has 5 nitrogen and oxygen atoms in total. The third-order valence-electron chi connectivity index (χ3n) is 2.21. The highest BCUT2D eigenvalue weighted by Gasteiger charge is 2.18. The molecule has 18 heavy (non-hydrogen) atoms. The van der Waals surface area contributed by atoms with Crippen LogP contribution in [0.25, 0.3) is 0 Å². The lowest BCUT2D eigenvalue weighted by Gasteiger charge is -2.11. The fraction of sp³-hybridized carbons (Fsp3) is 0.364. The van der Waals surface area contributed by atoms with Gasteiger partial charge in [0.25, 0.3) is 5.91 Å². The minimum atomic E-state index is -3.95. The number of hydrogen-bond acceptors (Lipinski definition) is 3. The number of nitrogens with one attached hydrogen (secondary N) is 1. The number of halogens is 1. The number of aryl methyl sites for hydroxylation is 1. The van der Waals surface area contributed by atoms with Gasteiger partial charge in [0.05, 0.1) is 5.02 Å². The number of benzene rings is 1. The van der Waals surface area contributed by atoms with Gasteiger partial charge in [-0.05, 0) is 38.5 Å². The lowest BCUT2D eigenvalue weighted by molar-refractivity contribution is 0.0943. The second kappa shape index (κ2) is 5.26. The van der Waals surface area contributed by atoms with Crippen molar-refractivity contribution in [3.63, 3.8) is 0 Å². The Labute approximate surface area is 111 Å². The highest BCUT2D eigenvalue weighted by Crippen LogP contribution is 2.25. The van der Waals surface area contributed by atoms with E-state index in [9.17, 15) is 13.2 Å². The molecule has 0 radical (unpaired) electrons. The number of rotatable bonds is 3. The molecule has 0 atom stereocenters. The van der Waals surface area contributed by atoms with Crippen LogP contribution in [0, 0.1) is 6.92 Å². The molecule has 1 rings (SSSR count). The molecule has 0 heterocycles. The number of sulfonamides is 1. The van der Waals surface area contributed by atoms with E-state index in [-0.39, 0.29) is 27.4 Å². The van der Waals surface area contributed by atoms with Gasteiger partial charge in [0.2, 0.25) is 10.0 Å². The highest BCUT2D eigenvalue weighted by molar-refractivity contribution is 7.89. The molecule has 0 aromatic heterocycles. The maximum atomic E-state index is 11.8. The third-order valence-corrected chi connectivity index (χ3v) is 3.76. The van der Waals surface area contributed by atoms with Crippen LogP contribution in [0.4, 0.5) is 0 Å². The summed E-state index contributed by atoms with van der Waals surface area (Å²) in [5.41, 5.74) is 0.701. The molecule has 0 unspecified atom stereocenters. The third kappa shape index (κ3) is 3.44. The molecule has 0 aliphatic rings. The van der Waals surface area contributed by atoms with Gasteiger partial charge in [-0.1, -0.05) is 11.6 Å². The van der Waals surface area contributed by atoms with Crippen molar-refractivity contribution in [1.82, 2.24) is 5.32 Å². The van der Waals surface area contributed by atoms with Gasteiger partial charge in [0, 0.05) is 11.6 Å². The van der Waals surface area contributed by atoms with Gasteiger partial charge in [-0.25, -0.2) is 13.6 Å². The predicted octanol–water partition coefficient (Wildman–Crippen LogP) is 1.43. The van der Waals surface area contributed by atoms with Crippen LogP contribution in [0.5, 0.6) is 0 Å². The van der Waals surface area contributed by atoms with E-state index in [0.717, 1.165) is 0 Å². The van der Waals surface area contributed by atoms with Gasteiger partial charge in [-0.3, -0.25) is 4.79 Å². The Morgan fingerprint density at radius 1 is 1.39 bits per heavy atom. The number of amides is 1. The summed E-state index contributed by atoms with van der Waals surface area (Å²) in [6.07, 6.45) is 0. The zero-order valence-electron chi connectivity index (χ0n) is 10.3. The number of hydrogen-bond donors (Lipinski definition) is 2. The van der Waals surface area contributed by atoms with E-state index in [4.69, 9.17) is 16.7 Å². The van der Waals surface area contributed by atoms with E-state index in [1.54, 1.807) is 20.8 Å². The van der Waals surface area contributed by atoms with Crippen LogP contribution in [-0.2, 0) is 10.0 Å². The Morgan fingerprint density at radius 2 is 1.94 bits per heavy atom. The normalized spacial score (nSPS) is 11.7. The number of nitrogens with two attached hydrogens (primary N) is 1. The zero-order chi connectivity index (χ0) is 14.1. The summed E-state index contributed by atoms with van der Waals surface area (Å²) >= 11 is 5.87. The number of carbonyl (C=O) groups is 1. The van der Waals surface area contributed by atoms with E-state index in [2.05, 4.69) is 5.32 Å². The zero-order valence-corrected chi connectivity index (χ0v) is 11.9. The van der Waals surface area contributed by atoms with E-state index in [1.807, 2.05) is 0 Å². The summed E-state index contributed by atoms with van der Waals surface area (Å²) < 4.78 is 22.7. The lowest BCUT2D eigenvalue weighted by atomic mass is 10.1. The second-order valence-corrected chi connectivity index (χ2v) is 6.19. The van der Waals surface area contributed by atoms with E-state index in [0.29, 0.717) is 5.56 Å². The number of primary sulfonamides is 1. The Hall–Kier alpha value is -1.11. The Balaban J connectivity index is 3.34. The second-order valence-electron chi connectivity index (χ2n) is 4.28. The van der Waals surface area contributed by atoms with Gasteiger partial charge >= 0.3 is 0 Å². The first-order valence-corrected chi connectivity index (χ1v) is 7.19. The van der Waals surface area contributed by atoms with Crippen molar-refractivity contribution in [2.75, 3.05) is 0 Å². The molecule has 0 spiro atoms. The van der Waals surface area contributed by atoms with Gasteiger partial charge in [-0.2, -0.15) is 0 Å². The molecular formula is C11H15ClN2O3S. The Morgan fingerprint density at radius 3 is 2.39 bits per heavy atom. The summed E-state index contributed by atoms with van der Waals surface area (Å²) in [5, 5.41) is 7.76. The molecule has 7 heteroatoms. The van der Waals surface area contributed by atoms with Gasteiger partial charge in [0.15, 0.2) is 0 Å². The van der Waals surface area contributed by atoms with Crippen LogP contribution in [0.15, 0.2) is 17.0 Å². The van der Waals surface area contributed by atoms with Crippen molar-refractivity contribution in [2.45, 2.75) is 31.7 Å². The maximum absolute atomic E-state index is 11.8. The molecule has 0 saturated heterocycles. The Kier molecular flexibility index (Phi) is 4.37. The summed E-state index contributed by atoms with van der Waals surface area (Å²) in [6, 6.07) is 2.66. The minimum Gasteiger partial charge on any atom is -0.350 e. The first kappa shape index (κ1) is 14.9. The van der Waals surface area contributed by atoms with Crippen LogP contribution in [-0.4, -0.2) is 20.4 Å². The van der Waals surface area contributed by atoms with Gasteiger partial charge in [0.1, 0.15) is 4.90 Å². The molecule has 0 saturated carbocycles. The van der Waals surface area contributed by atoms with Crippen molar-refractivity contribution < 1.29 is 13.2 Å². The minimum absolute atomic E-state index is 0.0404. The van der Waals surface area contributed by atoms with Crippen molar-refractivity contribution >= 4 is 27.5 Å². The van der Waals surface area contributed by atoms with Crippen molar-refractivity contribution in [3.05, 3.63) is 28.3 Å². The fourth-order valence-electron chi connectivity index (χ4n) is 1.42. The average molecular weight is 291 g/mol. The quantitative estimate of drug-likeness (QED) is 0.882. The molecule has 100 valence electrons. The largest absolute Gasteiger partial charge is 0.350 e. The topological polar surface area (TPSA) is 89.3 Å². The average Bonchev–Trinajstić information content (AvgIpc) is 2.18. The molecule has 0 aliphatic carbocycles. The highest BCUT2D eigenvalue weighted by atomic mass is 35.5. The fourth-order valence-corrected chi connectivity index (χ4v) is 2.55. The molecule has 1 amide bonds. The Bertz CT molecular complexity index is 582.